The normalized spacial score (nSPS) is 11.7. The van der Waals surface area contributed by atoms with E-state index < -0.39 is 16.0 Å². The molecule has 0 unspecified atom stereocenters. The van der Waals surface area contributed by atoms with E-state index >= 15 is 0 Å². The molecule has 0 saturated carbocycles. The summed E-state index contributed by atoms with van der Waals surface area (Å²) in [7, 11) is -2.56. The molecule has 0 saturated heterocycles. The average molecular weight is 305 g/mol. The van der Waals surface area contributed by atoms with E-state index in [0.29, 0.717) is 11.0 Å². The summed E-state index contributed by atoms with van der Waals surface area (Å²) in [5, 5.41) is 0.691. The third kappa shape index (κ3) is 2.19. The van der Waals surface area contributed by atoms with Crippen LogP contribution in [-0.2, 0) is 14.8 Å². The molecule has 108 valence electrons. The first kappa shape index (κ1) is 13.4. The highest BCUT2D eigenvalue weighted by Gasteiger charge is 2.19. The Kier molecular flexibility index (Phi) is 3.02. The van der Waals surface area contributed by atoms with Crippen LogP contribution in [0.15, 0.2) is 47.9 Å². The number of ether oxygens (including phenoxy) is 1. The van der Waals surface area contributed by atoms with Crippen molar-refractivity contribution < 1.29 is 17.9 Å². The number of aromatic amines is 1. The lowest BCUT2D eigenvalue weighted by atomic mass is 10.3. The molecule has 21 heavy (non-hydrogen) atoms. The number of carbonyl (C=O) groups is 1. The Morgan fingerprint density at radius 1 is 1.38 bits per heavy atom. The number of H-pyrrole nitrogens is 1. The van der Waals surface area contributed by atoms with E-state index in [1.54, 1.807) is 12.3 Å². The Bertz CT molecular complexity index is 924. The second-order valence-corrected chi connectivity index (χ2v) is 6.16. The van der Waals surface area contributed by atoms with Crippen LogP contribution in [0.5, 0.6) is 0 Å². The molecule has 3 heterocycles. The maximum atomic E-state index is 12.5. The molecule has 0 fully saturated rings. The number of hydrogen-bond acceptors (Lipinski definition) is 5. The number of hydrogen-bond donors (Lipinski definition) is 1. The summed E-state index contributed by atoms with van der Waals surface area (Å²) in [5.41, 5.74) is 0.772. The number of nitrogens with one attached hydrogen (secondary N) is 1. The van der Waals surface area contributed by atoms with E-state index in [0.717, 1.165) is 3.97 Å². The highest BCUT2D eigenvalue weighted by atomic mass is 32.2. The van der Waals surface area contributed by atoms with Crippen molar-refractivity contribution in [3.8, 4) is 0 Å². The fourth-order valence-corrected chi connectivity index (χ4v) is 3.13. The van der Waals surface area contributed by atoms with Crippen LogP contribution in [0.2, 0.25) is 0 Å². The zero-order chi connectivity index (χ0) is 15.0. The zero-order valence-electron chi connectivity index (χ0n) is 11.0. The number of fused-ring (bicyclic) bond motifs is 1. The average Bonchev–Trinajstić information content (AvgIpc) is 3.14. The summed E-state index contributed by atoms with van der Waals surface area (Å²) in [6, 6.07) is 4.63. The zero-order valence-corrected chi connectivity index (χ0v) is 11.8. The molecule has 0 bridgehead atoms. The van der Waals surface area contributed by atoms with Gasteiger partial charge in [-0.1, -0.05) is 0 Å². The number of carbonyl (C=O) groups excluding carboxylic acids is 1. The Labute approximate surface area is 120 Å². The molecule has 3 rings (SSSR count). The number of methoxy groups -OCH3 is 1. The van der Waals surface area contributed by atoms with Gasteiger partial charge in [0.25, 0.3) is 10.0 Å². The summed E-state index contributed by atoms with van der Waals surface area (Å²) in [4.78, 5) is 18.4. The van der Waals surface area contributed by atoms with Crippen LogP contribution >= 0.6 is 0 Å². The molecule has 8 heteroatoms. The van der Waals surface area contributed by atoms with Gasteiger partial charge in [0.05, 0.1) is 12.7 Å². The molecule has 0 aliphatic heterocycles. The molecular formula is C13H11N3O4S. The fourth-order valence-electron chi connectivity index (χ4n) is 1.95. The SMILES string of the molecule is COC(=O)c1ccn(S(=O)(=O)c2cnc3[nH]ccc3c2)c1. The summed E-state index contributed by atoms with van der Waals surface area (Å²) in [6.45, 7) is 0. The van der Waals surface area contributed by atoms with E-state index in [2.05, 4.69) is 14.7 Å². The first-order valence-corrected chi connectivity index (χ1v) is 7.41. The van der Waals surface area contributed by atoms with E-state index in [-0.39, 0.29) is 10.5 Å². The first-order valence-electron chi connectivity index (χ1n) is 5.97. The summed E-state index contributed by atoms with van der Waals surface area (Å²) < 4.78 is 30.5. The number of rotatable bonds is 3. The minimum atomic E-state index is -3.80. The van der Waals surface area contributed by atoms with E-state index in [4.69, 9.17) is 0 Å². The Morgan fingerprint density at radius 3 is 2.95 bits per heavy atom. The third-order valence-electron chi connectivity index (χ3n) is 3.04. The monoisotopic (exact) mass is 305 g/mol. The van der Waals surface area contributed by atoms with Crippen LogP contribution in [0, 0.1) is 0 Å². The van der Waals surface area contributed by atoms with Gasteiger partial charge >= 0.3 is 5.97 Å². The largest absolute Gasteiger partial charge is 0.465 e. The lowest BCUT2D eigenvalue weighted by Crippen LogP contribution is -2.11. The molecule has 0 atom stereocenters. The smallest absolute Gasteiger partial charge is 0.339 e. The Hall–Kier alpha value is -2.61. The van der Waals surface area contributed by atoms with Crippen molar-refractivity contribution in [3.05, 3.63) is 48.5 Å². The number of aromatic nitrogens is 3. The number of nitrogens with zero attached hydrogens (tertiary/aromatic N) is 2. The van der Waals surface area contributed by atoms with Crippen LogP contribution in [-0.4, -0.2) is 35.4 Å². The third-order valence-corrected chi connectivity index (χ3v) is 4.64. The van der Waals surface area contributed by atoms with Crippen LogP contribution in [0.1, 0.15) is 10.4 Å². The summed E-state index contributed by atoms with van der Waals surface area (Å²) in [6.07, 6.45) is 5.45. The van der Waals surface area contributed by atoms with Crippen LogP contribution in [0.4, 0.5) is 0 Å². The van der Waals surface area contributed by atoms with Gasteiger partial charge in [-0.3, -0.25) is 0 Å². The van der Waals surface area contributed by atoms with E-state index in [1.807, 2.05) is 0 Å². The molecule has 3 aromatic heterocycles. The van der Waals surface area contributed by atoms with Crippen molar-refractivity contribution in [2.45, 2.75) is 4.90 Å². The van der Waals surface area contributed by atoms with Crippen LogP contribution < -0.4 is 0 Å². The lowest BCUT2D eigenvalue weighted by molar-refractivity contribution is 0.0601. The topological polar surface area (TPSA) is 94.1 Å². The number of pyridine rings is 1. The van der Waals surface area contributed by atoms with Gasteiger partial charge in [0.2, 0.25) is 0 Å². The Morgan fingerprint density at radius 2 is 2.19 bits per heavy atom. The molecule has 0 spiro atoms. The summed E-state index contributed by atoms with van der Waals surface area (Å²) in [5.74, 6) is -0.594. The van der Waals surface area contributed by atoms with Gasteiger partial charge in [-0.25, -0.2) is 22.2 Å². The van der Waals surface area contributed by atoms with E-state index in [9.17, 15) is 13.2 Å². The maximum Gasteiger partial charge on any atom is 0.339 e. The molecule has 0 aliphatic carbocycles. The van der Waals surface area contributed by atoms with Gasteiger partial charge in [-0.15, -0.1) is 0 Å². The second-order valence-electron chi connectivity index (χ2n) is 4.31. The minimum absolute atomic E-state index is 0.0432. The molecule has 0 amide bonds. The van der Waals surface area contributed by atoms with Crippen LogP contribution in [0.25, 0.3) is 11.0 Å². The van der Waals surface area contributed by atoms with Crippen molar-refractivity contribution in [2.75, 3.05) is 7.11 Å². The quantitative estimate of drug-likeness (QED) is 0.738. The van der Waals surface area contributed by atoms with Gasteiger partial charge in [0, 0.05) is 30.2 Å². The molecular weight excluding hydrogens is 294 g/mol. The second kappa shape index (κ2) is 4.74. The molecule has 7 nitrogen and oxygen atoms in total. The Balaban J connectivity index is 2.06. The molecule has 1 N–H and O–H groups in total. The first-order chi connectivity index (χ1) is 10.0. The fraction of sp³-hybridized carbons (Fsp3) is 0.0769. The van der Waals surface area contributed by atoms with Crippen molar-refractivity contribution in [1.29, 1.82) is 0 Å². The predicted molar refractivity (Wildman–Crippen MR) is 74.4 cm³/mol. The highest BCUT2D eigenvalue weighted by Crippen LogP contribution is 2.19. The van der Waals surface area contributed by atoms with Gasteiger partial charge < -0.3 is 9.72 Å². The van der Waals surface area contributed by atoms with Crippen LogP contribution in [0.3, 0.4) is 0 Å². The van der Waals surface area contributed by atoms with Crippen molar-refractivity contribution in [1.82, 2.24) is 13.9 Å². The standard InChI is InChI=1S/C13H11N3O4S/c1-20-13(17)10-3-5-16(8-10)21(18,19)11-6-9-2-4-14-12(9)15-7-11/h2-8H,1H3,(H,14,15). The predicted octanol–water partition coefficient (Wildman–Crippen LogP) is 1.39. The summed E-state index contributed by atoms with van der Waals surface area (Å²) >= 11 is 0. The lowest BCUT2D eigenvalue weighted by Gasteiger charge is -2.05. The van der Waals surface area contributed by atoms with Crippen molar-refractivity contribution in [3.63, 3.8) is 0 Å². The van der Waals surface area contributed by atoms with E-state index in [1.165, 1.54) is 37.8 Å². The molecule has 3 aromatic rings. The van der Waals surface area contributed by atoms with Gasteiger partial charge in [0.1, 0.15) is 10.5 Å². The maximum absolute atomic E-state index is 12.5. The molecule has 0 aromatic carbocycles. The van der Waals surface area contributed by atoms with Gasteiger partial charge in [0.15, 0.2) is 0 Å². The minimum Gasteiger partial charge on any atom is -0.465 e. The van der Waals surface area contributed by atoms with Gasteiger partial charge in [-0.2, -0.15) is 0 Å². The van der Waals surface area contributed by atoms with Crippen molar-refractivity contribution >= 4 is 27.0 Å². The highest BCUT2D eigenvalue weighted by molar-refractivity contribution is 7.90. The van der Waals surface area contributed by atoms with Crippen molar-refractivity contribution in [2.24, 2.45) is 0 Å². The molecule has 0 radical (unpaired) electrons. The van der Waals surface area contributed by atoms with Gasteiger partial charge in [-0.05, 0) is 18.2 Å². The molecule has 0 aliphatic rings. The number of esters is 1.